The van der Waals surface area contributed by atoms with Crippen molar-refractivity contribution >= 4 is 6.09 Å². The minimum atomic E-state index is -0.497. The van der Waals surface area contributed by atoms with Crippen LogP contribution in [-0.2, 0) is 4.74 Å². The summed E-state index contributed by atoms with van der Waals surface area (Å²) in [7, 11) is 0. The molecule has 2 fully saturated rings. The molecule has 0 aromatic heterocycles. The van der Waals surface area contributed by atoms with Gasteiger partial charge in [-0.05, 0) is 34.6 Å². The van der Waals surface area contributed by atoms with Crippen LogP contribution in [-0.4, -0.2) is 89.0 Å². The van der Waals surface area contributed by atoms with Gasteiger partial charge >= 0.3 is 6.09 Å². The first-order valence-electron chi connectivity index (χ1n) is 8.31. The number of ether oxygens (including phenoxy) is 1. The number of piperazine rings is 1. The van der Waals surface area contributed by atoms with E-state index < -0.39 is 11.7 Å². The largest absolute Gasteiger partial charge is 0.444 e. The number of carbonyl (C=O) groups excluding carboxylic acids is 1. The van der Waals surface area contributed by atoms with Gasteiger partial charge in [0.2, 0.25) is 0 Å². The highest BCUT2D eigenvalue weighted by Gasteiger charge is 2.40. The van der Waals surface area contributed by atoms with Crippen LogP contribution in [0.25, 0.3) is 0 Å². The first-order chi connectivity index (χ1) is 10.2. The first kappa shape index (κ1) is 17.5. The van der Waals surface area contributed by atoms with Crippen LogP contribution in [0.4, 0.5) is 4.79 Å². The summed E-state index contributed by atoms with van der Waals surface area (Å²) in [4.78, 5) is 18.5. The molecule has 1 amide bonds. The van der Waals surface area contributed by atoms with Crippen LogP contribution in [0.2, 0.25) is 0 Å². The highest BCUT2D eigenvalue weighted by atomic mass is 16.6. The zero-order chi connectivity index (χ0) is 16.5. The molecule has 6 heteroatoms. The van der Waals surface area contributed by atoms with E-state index in [1.165, 1.54) is 0 Å². The van der Waals surface area contributed by atoms with E-state index >= 15 is 0 Å². The summed E-state index contributed by atoms with van der Waals surface area (Å²) in [5, 5.41) is 10.3. The van der Waals surface area contributed by atoms with Crippen LogP contribution in [0, 0.1) is 0 Å². The van der Waals surface area contributed by atoms with Gasteiger partial charge < -0.3 is 14.7 Å². The van der Waals surface area contributed by atoms with E-state index in [9.17, 15) is 9.90 Å². The highest BCUT2D eigenvalue weighted by Crippen LogP contribution is 2.21. The van der Waals surface area contributed by atoms with Gasteiger partial charge in [-0.1, -0.05) is 0 Å². The Morgan fingerprint density at radius 1 is 1.14 bits per heavy atom. The Kier molecular flexibility index (Phi) is 5.35. The second-order valence-corrected chi connectivity index (χ2v) is 7.69. The molecule has 0 spiro atoms. The zero-order valence-corrected chi connectivity index (χ0v) is 14.6. The van der Waals surface area contributed by atoms with E-state index in [4.69, 9.17) is 4.74 Å². The SMILES string of the molecule is CC(C)N1CCN([C@@H]2CN(C(=O)OC(C)(C)C)C[C@H]2O)CC1. The van der Waals surface area contributed by atoms with Crippen LogP contribution in [0.15, 0.2) is 0 Å². The van der Waals surface area contributed by atoms with Gasteiger partial charge in [0.05, 0.1) is 18.7 Å². The standard InChI is InChI=1S/C16H31N3O3/c1-12(2)17-6-8-18(9-7-17)13-10-19(11-14(13)20)15(21)22-16(3,4)5/h12-14,20H,6-11H2,1-5H3/t13-,14-/m1/s1. The van der Waals surface area contributed by atoms with Gasteiger partial charge in [-0.15, -0.1) is 0 Å². The Morgan fingerprint density at radius 2 is 1.73 bits per heavy atom. The number of aliphatic hydroxyl groups is 1. The number of β-amino-alcohol motifs (C(OH)–C–C–N with tert-alkyl or cyclic N) is 1. The average Bonchev–Trinajstić information content (AvgIpc) is 2.79. The third kappa shape index (κ3) is 4.33. The highest BCUT2D eigenvalue weighted by molar-refractivity contribution is 5.68. The summed E-state index contributed by atoms with van der Waals surface area (Å²) < 4.78 is 5.40. The number of nitrogens with zero attached hydrogens (tertiary/aromatic N) is 3. The minimum absolute atomic E-state index is 0.0295. The van der Waals surface area contributed by atoms with E-state index in [0.29, 0.717) is 19.1 Å². The van der Waals surface area contributed by atoms with Crippen molar-refractivity contribution in [2.75, 3.05) is 39.3 Å². The van der Waals surface area contributed by atoms with E-state index in [-0.39, 0.29) is 12.1 Å². The molecule has 0 bridgehead atoms. The summed E-state index contributed by atoms with van der Waals surface area (Å²) in [6.45, 7) is 14.9. The molecule has 2 aliphatic heterocycles. The van der Waals surface area contributed by atoms with Crippen LogP contribution >= 0.6 is 0 Å². The summed E-state index contributed by atoms with van der Waals surface area (Å²) in [6, 6.07) is 0.593. The lowest BCUT2D eigenvalue weighted by Gasteiger charge is -2.40. The van der Waals surface area contributed by atoms with Gasteiger partial charge in [-0.25, -0.2) is 4.79 Å². The Labute approximate surface area is 134 Å². The molecular formula is C16H31N3O3. The summed E-state index contributed by atoms with van der Waals surface area (Å²) in [6.07, 6.45) is -0.812. The normalized spacial score (nSPS) is 28.4. The van der Waals surface area contributed by atoms with Gasteiger partial charge in [-0.2, -0.15) is 0 Å². The lowest BCUT2D eigenvalue weighted by Crippen LogP contribution is -2.55. The maximum absolute atomic E-state index is 12.1. The fourth-order valence-electron chi connectivity index (χ4n) is 3.19. The van der Waals surface area contributed by atoms with Gasteiger partial charge in [0.1, 0.15) is 5.60 Å². The number of carbonyl (C=O) groups is 1. The Bertz CT molecular complexity index is 387. The third-order valence-corrected chi connectivity index (χ3v) is 4.46. The van der Waals surface area contributed by atoms with Gasteiger partial charge in [-0.3, -0.25) is 9.80 Å². The van der Waals surface area contributed by atoms with Crippen LogP contribution in [0.3, 0.4) is 0 Å². The maximum atomic E-state index is 12.1. The molecule has 2 atom stereocenters. The molecule has 0 aromatic carbocycles. The van der Waals surface area contributed by atoms with Crippen molar-refractivity contribution in [1.29, 1.82) is 0 Å². The predicted octanol–water partition coefficient (Wildman–Crippen LogP) is 0.993. The average molecular weight is 313 g/mol. The van der Waals surface area contributed by atoms with E-state index in [0.717, 1.165) is 26.2 Å². The molecule has 2 rings (SSSR count). The maximum Gasteiger partial charge on any atom is 0.410 e. The lowest BCUT2D eigenvalue weighted by molar-refractivity contribution is 0.0265. The molecule has 6 nitrogen and oxygen atoms in total. The van der Waals surface area contributed by atoms with Crippen molar-refractivity contribution in [3.05, 3.63) is 0 Å². The van der Waals surface area contributed by atoms with E-state index in [1.807, 2.05) is 20.8 Å². The Hall–Kier alpha value is -0.850. The Morgan fingerprint density at radius 3 is 2.23 bits per heavy atom. The molecule has 0 unspecified atom stereocenters. The summed E-state index contributed by atoms with van der Waals surface area (Å²) in [5.74, 6) is 0. The lowest BCUT2D eigenvalue weighted by atomic mass is 10.1. The zero-order valence-electron chi connectivity index (χ0n) is 14.6. The first-order valence-corrected chi connectivity index (χ1v) is 8.31. The van der Waals surface area contributed by atoms with Crippen LogP contribution in [0.5, 0.6) is 0 Å². The number of rotatable bonds is 2. The fraction of sp³-hybridized carbons (Fsp3) is 0.938. The Balaban J connectivity index is 1.88. The number of aliphatic hydroxyl groups excluding tert-OH is 1. The van der Waals surface area contributed by atoms with Gasteiger partial charge in [0.15, 0.2) is 0 Å². The molecule has 2 saturated heterocycles. The van der Waals surface area contributed by atoms with Crippen molar-refractivity contribution in [3.63, 3.8) is 0 Å². The molecule has 128 valence electrons. The monoisotopic (exact) mass is 313 g/mol. The van der Waals surface area contributed by atoms with E-state index in [2.05, 4.69) is 23.6 Å². The second-order valence-electron chi connectivity index (χ2n) is 7.69. The molecule has 0 aromatic rings. The molecule has 0 radical (unpaired) electrons. The summed E-state index contributed by atoms with van der Waals surface area (Å²) >= 11 is 0. The second kappa shape index (κ2) is 6.72. The van der Waals surface area contributed by atoms with Crippen molar-refractivity contribution in [3.8, 4) is 0 Å². The van der Waals surface area contributed by atoms with Crippen molar-refractivity contribution in [1.82, 2.24) is 14.7 Å². The minimum Gasteiger partial charge on any atom is -0.444 e. The molecule has 22 heavy (non-hydrogen) atoms. The molecule has 1 N–H and O–H groups in total. The number of likely N-dealkylation sites (tertiary alicyclic amines) is 1. The quantitative estimate of drug-likeness (QED) is 0.824. The summed E-state index contributed by atoms with van der Waals surface area (Å²) in [5.41, 5.74) is -0.497. The van der Waals surface area contributed by atoms with Crippen molar-refractivity contribution < 1.29 is 14.6 Å². The smallest absolute Gasteiger partial charge is 0.410 e. The third-order valence-electron chi connectivity index (χ3n) is 4.46. The number of amides is 1. The van der Waals surface area contributed by atoms with Gasteiger partial charge in [0.25, 0.3) is 0 Å². The van der Waals surface area contributed by atoms with Crippen LogP contribution < -0.4 is 0 Å². The molecular weight excluding hydrogens is 282 g/mol. The van der Waals surface area contributed by atoms with Crippen LogP contribution in [0.1, 0.15) is 34.6 Å². The number of hydrogen-bond acceptors (Lipinski definition) is 5. The van der Waals surface area contributed by atoms with Crippen molar-refractivity contribution in [2.24, 2.45) is 0 Å². The predicted molar refractivity (Wildman–Crippen MR) is 85.9 cm³/mol. The van der Waals surface area contributed by atoms with E-state index in [1.54, 1.807) is 4.90 Å². The number of hydrogen-bond donors (Lipinski definition) is 1. The van der Waals surface area contributed by atoms with Crippen molar-refractivity contribution in [2.45, 2.75) is 58.4 Å². The topological polar surface area (TPSA) is 56.2 Å². The molecule has 2 heterocycles. The fourth-order valence-corrected chi connectivity index (χ4v) is 3.19. The molecule has 0 aliphatic carbocycles. The molecule has 2 aliphatic rings. The molecule has 0 saturated carbocycles. The van der Waals surface area contributed by atoms with Gasteiger partial charge in [0, 0.05) is 38.8 Å².